The normalized spacial score (nSPS) is 10.2. The van der Waals surface area contributed by atoms with E-state index in [-0.39, 0.29) is 0 Å². The van der Waals surface area contributed by atoms with Gasteiger partial charge in [-0.3, -0.25) is 4.98 Å². The Balaban J connectivity index is 2.63. The third-order valence-corrected chi connectivity index (χ3v) is 2.37. The van der Waals surface area contributed by atoms with E-state index in [0.717, 1.165) is 18.0 Å². The van der Waals surface area contributed by atoms with Gasteiger partial charge in [0.05, 0.1) is 19.9 Å². The number of nitrogens with zero attached hydrogens (tertiary/aromatic N) is 1. The van der Waals surface area contributed by atoms with Gasteiger partial charge in [-0.05, 0) is 13.0 Å². The zero-order valence-electron chi connectivity index (χ0n) is 10.2. The van der Waals surface area contributed by atoms with Crippen molar-refractivity contribution in [1.29, 1.82) is 0 Å². The van der Waals surface area contributed by atoms with Gasteiger partial charge in [0.2, 0.25) is 0 Å². The number of unbranched alkanes of at least 4 members (excludes halogenated alkanes) is 1. The van der Waals surface area contributed by atoms with Crippen LogP contribution < -0.4 is 14.8 Å². The van der Waals surface area contributed by atoms with Gasteiger partial charge < -0.3 is 14.8 Å². The molecule has 0 aliphatic heterocycles. The number of rotatable bonds is 7. The molecule has 0 fully saturated rings. The molecule has 4 heteroatoms. The highest BCUT2D eigenvalue weighted by molar-refractivity contribution is 5.42. The fourth-order valence-corrected chi connectivity index (χ4v) is 1.49. The van der Waals surface area contributed by atoms with Gasteiger partial charge in [0, 0.05) is 18.8 Å². The summed E-state index contributed by atoms with van der Waals surface area (Å²) in [6, 6.07) is 1.80. The Labute approximate surface area is 97.0 Å². The first kappa shape index (κ1) is 12.8. The van der Waals surface area contributed by atoms with Crippen LogP contribution in [0.2, 0.25) is 0 Å². The summed E-state index contributed by atoms with van der Waals surface area (Å²) in [4.78, 5) is 4.29. The Morgan fingerprint density at radius 2 is 2.12 bits per heavy atom. The largest absolute Gasteiger partial charge is 0.493 e. The summed E-state index contributed by atoms with van der Waals surface area (Å²) in [6.07, 6.45) is 4.10. The lowest BCUT2D eigenvalue weighted by molar-refractivity contribution is 0.348. The van der Waals surface area contributed by atoms with Gasteiger partial charge in [-0.1, -0.05) is 13.3 Å². The van der Waals surface area contributed by atoms with Crippen molar-refractivity contribution in [1.82, 2.24) is 10.3 Å². The molecule has 0 bridgehead atoms. The second kappa shape index (κ2) is 7.06. The average molecular weight is 224 g/mol. The molecular formula is C12H20N2O2. The van der Waals surface area contributed by atoms with Crippen molar-refractivity contribution in [2.75, 3.05) is 20.8 Å². The molecule has 1 heterocycles. The minimum Gasteiger partial charge on any atom is -0.493 e. The quantitative estimate of drug-likeness (QED) is 0.719. The van der Waals surface area contributed by atoms with E-state index >= 15 is 0 Å². The van der Waals surface area contributed by atoms with Crippen LogP contribution in [0.4, 0.5) is 0 Å². The lowest BCUT2D eigenvalue weighted by Gasteiger charge is -2.11. The van der Waals surface area contributed by atoms with Crippen LogP contribution >= 0.6 is 0 Å². The first-order valence-electron chi connectivity index (χ1n) is 5.60. The predicted octanol–water partition coefficient (Wildman–Crippen LogP) is 1.99. The molecule has 0 amide bonds. The van der Waals surface area contributed by atoms with E-state index in [9.17, 15) is 0 Å². The number of nitrogens with one attached hydrogen (secondary N) is 1. The second-order valence-electron chi connectivity index (χ2n) is 3.52. The summed E-state index contributed by atoms with van der Waals surface area (Å²) >= 11 is 0. The molecule has 0 aromatic carbocycles. The summed E-state index contributed by atoms with van der Waals surface area (Å²) < 4.78 is 10.5. The number of methoxy groups -OCH3 is 2. The van der Waals surface area contributed by atoms with E-state index in [1.54, 1.807) is 26.5 Å². The van der Waals surface area contributed by atoms with Crippen LogP contribution in [0.25, 0.3) is 0 Å². The van der Waals surface area contributed by atoms with Crippen molar-refractivity contribution in [2.45, 2.75) is 26.3 Å². The molecule has 1 aromatic rings. The van der Waals surface area contributed by atoms with Gasteiger partial charge in [-0.25, -0.2) is 0 Å². The monoisotopic (exact) mass is 224 g/mol. The third-order valence-electron chi connectivity index (χ3n) is 2.37. The minimum absolute atomic E-state index is 0.709. The molecule has 1 aromatic heterocycles. The molecular weight excluding hydrogens is 204 g/mol. The van der Waals surface area contributed by atoms with Gasteiger partial charge in [0.15, 0.2) is 11.5 Å². The fourth-order valence-electron chi connectivity index (χ4n) is 1.49. The highest BCUT2D eigenvalue weighted by Crippen LogP contribution is 2.28. The van der Waals surface area contributed by atoms with Crippen molar-refractivity contribution in [3.8, 4) is 11.5 Å². The van der Waals surface area contributed by atoms with Crippen molar-refractivity contribution >= 4 is 0 Å². The maximum atomic E-state index is 5.30. The average Bonchev–Trinajstić information content (AvgIpc) is 2.34. The van der Waals surface area contributed by atoms with Crippen LogP contribution in [0, 0.1) is 0 Å². The maximum Gasteiger partial charge on any atom is 0.183 e. The molecule has 4 nitrogen and oxygen atoms in total. The van der Waals surface area contributed by atoms with Crippen LogP contribution in [0.5, 0.6) is 11.5 Å². The van der Waals surface area contributed by atoms with Crippen LogP contribution in [0.1, 0.15) is 25.5 Å². The second-order valence-corrected chi connectivity index (χ2v) is 3.52. The highest BCUT2D eigenvalue weighted by atomic mass is 16.5. The Hall–Kier alpha value is -1.29. The molecule has 0 spiro atoms. The highest BCUT2D eigenvalue weighted by Gasteiger charge is 2.09. The molecule has 0 unspecified atom stereocenters. The van der Waals surface area contributed by atoms with Gasteiger partial charge in [-0.15, -0.1) is 0 Å². The van der Waals surface area contributed by atoms with Gasteiger partial charge in [0.1, 0.15) is 0 Å². The molecule has 16 heavy (non-hydrogen) atoms. The van der Waals surface area contributed by atoms with Crippen molar-refractivity contribution in [3.05, 3.63) is 18.0 Å². The summed E-state index contributed by atoms with van der Waals surface area (Å²) in [5.74, 6) is 1.44. The fraction of sp³-hybridized carbons (Fsp3) is 0.583. The zero-order chi connectivity index (χ0) is 11.8. The number of aromatic nitrogens is 1. The minimum atomic E-state index is 0.709. The third kappa shape index (κ3) is 3.38. The van der Waals surface area contributed by atoms with E-state index in [0.29, 0.717) is 12.3 Å². The Bertz CT molecular complexity index is 316. The topological polar surface area (TPSA) is 43.4 Å². The van der Waals surface area contributed by atoms with Crippen LogP contribution in [0.3, 0.4) is 0 Å². The smallest absolute Gasteiger partial charge is 0.183 e. The first-order chi connectivity index (χ1) is 7.83. The Kier molecular flexibility index (Phi) is 5.64. The molecule has 1 N–H and O–H groups in total. The SMILES string of the molecule is CCCCNCc1nccc(OC)c1OC. The lowest BCUT2D eigenvalue weighted by Crippen LogP contribution is -2.16. The zero-order valence-corrected chi connectivity index (χ0v) is 10.2. The Morgan fingerprint density at radius 1 is 1.31 bits per heavy atom. The lowest BCUT2D eigenvalue weighted by atomic mass is 10.3. The number of hydrogen-bond donors (Lipinski definition) is 1. The summed E-state index contributed by atoms with van der Waals surface area (Å²) in [5, 5.41) is 3.33. The first-order valence-corrected chi connectivity index (χ1v) is 5.60. The van der Waals surface area contributed by atoms with Crippen molar-refractivity contribution in [2.24, 2.45) is 0 Å². The van der Waals surface area contributed by atoms with Crippen LogP contribution in [-0.4, -0.2) is 25.7 Å². The van der Waals surface area contributed by atoms with Crippen molar-refractivity contribution < 1.29 is 9.47 Å². The van der Waals surface area contributed by atoms with Crippen molar-refractivity contribution in [3.63, 3.8) is 0 Å². The summed E-state index contributed by atoms with van der Waals surface area (Å²) in [7, 11) is 3.27. The van der Waals surface area contributed by atoms with Crippen LogP contribution in [-0.2, 0) is 6.54 Å². The molecule has 0 radical (unpaired) electrons. The molecule has 0 aliphatic carbocycles. The van der Waals surface area contributed by atoms with E-state index in [1.165, 1.54) is 12.8 Å². The maximum absolute atomic E-state index is 5.30. The summed E-state index contributed by atoms with van der Waals surface area (Å²) in [5.41, 5.74) is 0.887. The molecule has 90 valence electrons. The molecule has 1 rings (SSSR count). The number of ether oxygens (including phenoxy) is 2. The van der Waals surface area contributed by atoms with E-state index < -0.39 is 0 Å². The molecule has 0 saturated heterocycles. The molecule has 0 atom stereocenters. The van der Waals surface area contributed by atoms with Gasteiger partial charge in [0.25, 0.3) is 0 Å². The predicted molar refractivity (Wildman–Crippen MR) is 64.0 cm³/mol. The standard InChI is InChI=1S/C12H20N2O2/c1-4-5-7-13-9-10-12(16-3)11(15-2)6-8-14-10/h6,8,13H,4-5,7,9H2,1-3H3. The van der Waals surface area contributed by atoms with E-state index in [4.69, 9.17) is 9.47 Å². The van der Waals surface area contributed by atoms with Gasteiger partial charge >= 0.3 is 0 Å². The van der Waals surface area contributed by atoms with E-state index in [2.05, 4.69) is 17.2 Å². The van der Waals surface area contributed by atoms with E-state index in [1.807, 2.05) is 0 Å². The Morgan fingerprint density at radius 3 is 2.75 bits per heavy atom. The summed E-state index contributed by atoms with van der Waals surface area (Å²) in [6.45, 7) is 3.88. The van der Waals surface area contributed by atoms with Crippen LogP contribution in [0.15, 0.2) is 12.3 Å². The number of pyridine rings is 1. The molecule has 0 saturated carbocycles. The van der Waals surface area contributed by atoms with Gasteiger partial charge in [-0.2, -0.15) is 0 Å². The number of hydrogen-bond acceptors (Lipinski definition) is 4. The molecule has 0 aliphatic rings.